The molecule has 5 heteroatoms. The summed E-state index contributed by atoms with van der Waals surface area (Å²) in [7, 11) is 0. The lowest BCUT2D eigenvalue weighted by Crippen LogP contribution is -2.22. The third kappa shape index (κ3) is 2.76. The number of hydrogen-bond acceptors (Lipinski definition) is 2. The van der Waals surface area contributed by atoms with Crippen molar-refractivity contribution in [2.24, 2.45) is 4.99 Å². The normalized spacial score (nSPS) is 17.3. The fourth-order valence-corrected chi connectivity index (χ4v) is 2.97. The van der Waals surface area contributed by atoms with E-state index in [0.29, 0.717) is 21.3 Å². The Hall–Kier alpha value is -1.78. The molecule has 0 fully saturated rings. The van der Waals surface area contributed by atoms with Crippen LogP contribution in [-0.2, 0) is 0 Å². The van der Waals surface area contributed by atoms with Gasteiger partial charge in [-0.25, -0.2) is 4.39 Å². The topological polar surface area (TPSA) is 24.4 Å². The first-order chi connectivity index (χ1) is 10.6. The molecule has 0 radical (unpaired) electrons. The molecule has 22 heavy (non-hydrogen) atoms. The molecule has 0 saturated carbocycles. The summed E-state index contributed by atoms with van der Waals surface area (Å²) in [6.07, 6.45) is 0.742. The third-order valence-electron chi connectivity index (χ3n) is 3.60. The van der Waals surface area contributed by atoms with Gasteiger partial charge in [-0.2, -0.15) is 0 Å². The Morgan fingerprint density at radius 1 is 1.23 bits per heavy atom. The van der Waals surface area contributed by atoms with Crippen molar-refractivity contribution in [1.29, 1.82) is 0 Å². The molecule has 112 valence electrons. The van der Waals surface area contributed by atoms with Crippen LogP contribution in [0.15, 0.2) is 47.5 Å². The first-order valence-electron chi connectivity index (χ1n) is 7.03. The van der Waals surface area contributed by atoms with Gasteiger partial charge in [-0.05, 0) is 36.8 Å². The van der Waals surface area contributed by atoms with Gasteiger partial charge in [0.25, 0.3) is 0 Å². The van der Waals surface area contributed by atoms with Gasteiger partial charge in [0.05, 0.1) is 5.71 Å². The Balaban J connectivity index is 2.26. The van der Waals surface area contributed by atoms with Crippen LogP contribution < -0.4 is 5.32 Å². The number of hydrogen-bond donors (Lipinski definition) is 1. The van der Waals surface area contributed by atoms with Crippen LogP contribution in [0.1, 0.15) is 24.5 Å². The zero-order valence-corrected chi connectivity index (χ0v) is 13.5. The summed E-state index contributed by atoms with van der Waals surface area (Å²) in [4.78, 5) is 5.34. The van der Waals surface area contributed by atoms with Gasteiger partial charge in [0.15, 0.2) is 0 Å². The molecule has 0 bridgehead atoms. The van der Waals surface area contributed by atoms with Crippen LogP contribution in [0.5, 0.6) is 0 Å². The maximum Gasteiger partial charge on any atom is 0.132 e. The second-order valence-electron chi connectivity index (χ2n) is 5.06. The van der Waals surface area contributed by atoms with E-state index in [2.05, 4.69) is 5.32 Å². The summed E-state index contributed by atoms with van der Waals surface area (Å²) in [6.45, 7) is 2.00. The predicted molar refractivity (Wildman–Crippen MR) is 93.8 cm³/mol. The molecule has 0 aliphatic carbocycles. The van der Waals surface area contributed by atoms with Crippen molar-refractivity contribution in [2.45, 2.75) is 19.4 Å². The zero-order valence-electron chi connectivity index (χ0n) is 11.9. The van der Waals surface area contributed by atoms with E-state index in [0.717, 1.165) is 17.7 Å². The molecule has 0 aromatic heterocycles. The minimum atomic E-state index is -0.310. The highest BCUT2D eigenvalue weighted by Crippen LogP contribution is 2.28. The van der Waals surface area contributed by atoms with Gasteiger partial charge in [0.1, 0.15) is 16.8 Å². The molecule has 2 nitrogen and oxygen atoms in total. The van der Waals surface area contributed by atoms with E-state index in [1.165, 1.54) is 6.07 Å². The number of benzene rings is 2. The molecule has 1 aliphatic rings. The SMILES string of the molecule is CCC1N=C(c2ccccc2F)c2cc(Cl)ccc2NC1=S. The highest BCUT2D eigenvalue weighted by atomic mass is 35.5. The van der Waals surface area contributed by atoms with Gasteiger partial charge in [-0.1, -0.05) is 42.9 Å². The smallest absolute Gasteiger partial charge is 0.132 e. The number of anilines is 1. The largest absolute Gasteiger partial charge is 0.348 e. The summed E-state index contributed by atoms with van der Waals surface area (Å²) in [6, 6.07) is 11.8. The van der Waals surface area contributed by atoms with Gasteiger partial charge >= 0.3 is 0 Å². The average Bonchev–Trinajstić information content (AvgIpc) is 2.64. The van der Waals surface area contributed by atoms with Gasteiger partial charge < -0.3 is 5.32 Å². The van der Waals surface area contributed by atoms with E-state index in [-0.39, 0.29) is 11.9 Å². The second-order valence-corrected chi connectivity index (χ2v) is 5.94. The lowest BCUT2D eigenvalue weighted by Gasteiger charge is -2.11. The second kappa shape index (κ2) is 6.15. The van der Waals surface area contributed by atoms with Crippen molar-refractivity contribution in [3.8, 4) is 0 Å². The Morgan fingerprint density at radius 3 is 2.73 bits per heavy atom. The number of nitrogens with zero attached hydrogens (tertiary/aromatic N) is 1. The summed E-state index contributed by atoms with van der Waals surface area (Å²) >= 11 is 11.5. The Labute approximate surface area is 139 Å². The molecule has 2 aromatic rings. The van der Waals surface area contributed by atoms with Crippen molar-refractivity contribution >= 4 is 40.2 Å². The van der Waals surface area contributed by atoms with E-state index in [9.17, 15) is 4.39 Å². The number of halogens is 2. The number of thiocarbonyl (C=S) groups is 1. The van der Waals surface area contributed by atoms with Crippen LogP contribution in [0, 0.1) is 5.82 Å². The number of nitrogens with one attached hydrogen (secondary N) is 1. The predicted octanol–water partition coefficient (Wildman–Crippen LogP) is 4.85. The lowest BCUT2D eigenvalue weighted by molar-refractivity contribution is 0.625. The molecule has 1 N–H and O–H groups in total. The summed E-state index contributed by atoms with van der Waals surface area (Å²) in [5.74, 6) is -0.310. The number of rotatable bonds is 2. The lowest BCUT2D eigenvalue weighted by atomic mass is 10.00. The summed E-state index contributed by atoms with van der Waals surface area (Å²) in [5.41, 5.74) is 2.59. The van der Waals surface area contributed by atoms with Crippen molar-refractivity contribution < 1.29 is 4.39 Å². The standard InChI is InChI=1S/C17H14ClFN2S/c1-2-14-17(22)21-15-8-7-10(18)9-12(15)16(20-14)11-5-3-4-6-13(11)19/h3-9,14H,2H2,1H3,(H,21,22). The highest BCUT2D eigenvalue weighted by Gasteiger charge is 2.23. The fraction of sp³-hybridized carbons (Fsp3) is 0.176. The molecule has 0 spiro atoms. The molecular weight excluding hydrogens is 319 g/mol. The maximum atomic E-state index is 14.3. The average molecular weight is 333 g/mol. The Morgan fingerprint density at radius 2 is 2.00 bits per heavy atom. The Bertz CT molecular complexity index is 773. The van der Waals surface area contributed by atoms with Crippen molar-refractivity contribution in [3.63, 3.8) is 0 Å². The van der Waals surface area contributed by atoms with E-state index < -0.39 is 0 Å². The van der Waals surface area contributed by atoms with Crippen LogP contribution in [0.2, 0.25) is 5.02 Å². The highest BCUT2D eigenvalue weighted by molar-refractivity contribution is 7.80. The molecular formula is C17H14ClFN2S. The van der Waals surface area contributed by atoms with Gasteiger partial charge in [-0.15, -0.1) is 0 Å². The fourth-order valence-electron chi connectivity index (χ4n) is 2.47. The van der Waals surface area contributed by atoms with E-state index in [1.807, 2.05) is 13.0 Å². The molecule has 0 amide bonds. The van der Waals surface area contributed by atoms with Crippen LogP contribution >= 0.6 is 23.8 Å². The van der Waals surface area contributed by atoms with Crippen LogP contribution in [0.3, 0.4) is 0 Å². The molecule has 2 aromatic carbocycles. The van der Waals surface area contributed by atoms with Gasteiger partial charge in [-0.3, -0.25) is 4.99 Å². The maximum absolute atomic E-state index is 14.3. The summed E-state index contributed by atoms with van der Waals surface area (Å²) < 4.78 is 14.3. The van der Waals surface area contributed by atoms with Crippen LogP contribution in [0.25, 0.3) is 0 Å². The first kappa shape index (κ1) is 15.1. The number of benzodiazepines with no additional fused rings is 1. The quantitative estimate of drug-likeness (QED) is 0.795. The minimum Gasteiger partial charge on any atom is -0.348 e. The van der Waals surface area contributed by atoms with Crippen molar-refractivity contribution in [3.05, 3.63) is 64.4 Å². The molecule has 0 saturated heterocycles. The molecule has 1 atom stereocenters. The summed E-state index contributed by atoms with van der Waals surface area (Å²) in [5, 5.41) is 3.78. The van der Waals surface area contributed by atoms with E-state index >= 15 is 0 Å². The molecule has 3 rings (SSSR count). The van der Waals surface area contributed by atoms with Crippen LogP contribution in [-0.4, -0.2) is 16.7 Å². The molecule has 1 aliphatic heterocycles. The number of fused-ring (bicyclic) bond motifs is 1. The monoisotopic (exact) mass is 332 g/mol. The molecule has 1 heterocycles. The van der Waals surface area contributed by atoms with Crippen molar-refractivity contribution in [1.82, 2.24) is 0 Å². The van der Waals surface area contributed by atoms with Crippen molar-refractivity contribution in [2.75, 3.05) is 5.32 Å². The molecule has 1 unspecified atom stereocenters. The first-order valence-corrected chi connectivity index (χ1v) is 7.82. The van der Waals surface area contributed by atoms with Crippen LogP contribution in [0.4, 0.5) is 10.1 Å². The Kier molecular flexibility index (Phi) is 4.23. The number of aliphatic imine (C=N–C) groups is 1. The minimum absolute atomic E-state index is 0.184. The van der Waals surface area contributed by atoms with E-state index in [1.54, 1.807) is 30.3 Å². The van der Waals surface area contributed by atoms with E-state index in [4.69, 9.17) is 28.8 Å². The van der Waals surface area contributed by atoms with Gasteiger partial charge in [0.2, 0.25) is 0 Å². The zero-order chi connectivity index (χ0) is 15.7. The third-order valence-corrected chi connectivity index (χ3v) is 4.21. The van der Waals surface area contributed by atoms with Gasteiger partial charge in [0, 0.05) is 21.8 Å².